The standard InChI is InChI=1S/C22H29N3O3/c1-4-15-11-19(21(27)12-20(15)26)22(28)25-13-16-6-7-18(10-17(16)14-25)23-8-9-24(3)5-2/h6-7,10-12,23,26-27H,4-5,8-9,13-14H2,1-3H3. The lowest BCUT2D eigenvalue weighted by Gasteiger charge is -2.17. The Morgan fingerprint density at radius 3 is 2.57 bits per heavy atom. The first-order chi connectivity index (χ1) is 13.4. The number of carbonyl (C=O) groups is 1. The van der Waals surface area contributed by atoms with Crippen molar-refractivity contribution in [2.75, 3.05) is 32.0 Å². The van der Waals surface area contributed by atoms with Gasteiger partial charge in [-0.05, 0) is 54.9 Å². The number of fused-ring (bicyclic) bond motifs is 1. The molecule has 0 unspecified atom stereocenters. The normalized spacial score (nSPS) is 13.1. The number of phenols is 2. The van der Waals surface area contributed by atoms with E-state index in [1.54, 1.807) is 11.0 Å². The molecule has 0 atom stereocenters. The molecule has 1 heterocycles. The molecule has 28 heavy (non-hydrogen) atoms. The van der Waals surface area contributed by atoms with E-state index >= 15 is 0 Å². The minimum atomic E-state index is -0.220. The molecule has 0 saturated carbocycles. The minimum Gasteiger partial charge on any atom is -0.508 e. The van der Waals surface area contributed by atoms with Gasteiger partial charge < -0.3 is 25.3 Å². The fourth-order valence-corrected chi connectivity index (χ4v) is 3.44. The van der Waals surface area contributed by atoms with Crippen LogP contribution in [0.15, 0.2) is 30.3 Å². The topological polar surface area (TPSA) is 76.0 Å². The van der Waals surface area contributed by atoms with Crippen molar-refractivity contribution in [1.29, 1.82) is 0 Å². The van der Waals surface area contributed by atoms with Gasteiger partial charge in [0.15, 0.2) is 0 Å². The summed E-state index contributed by atoms with van der Waals surface area (Å²) in [4.78, 5) is 16.9. The van der Waals surface area contributed by atoms with E-state index < -0.39 is 0 Å². The average molecular weight is 383 g/mol. The molecule has 0 saturated heterocycles. The number of aromatic hydroxyl groups is 2. The number of aryl methyl sites for hydroxylation is 1. The Morgan fingerprint density at radius 2 is 1.86 bits per heavy atom. The van der Waals surface area contributed by atoms with Gasteiger partial charge in [0, 0.05) is 37.9 Å². The maximum atomic E-state index is 12.9. The number of anilines is 1. The van der Waals surface area contributed by atoms with Crippen LogP contribution in [0.2, 0.25) is 0 Å². The summed E-state index contributed by atoms with van der Waals surface area (Å²) in [6.07, 6.45) is 0.592. The Kier molecular flexibility index (Phi) is 6.09. The molecular weight excluding hydrogens is 354 g/mol. The number of rotatable bonds is 7. The van der Waals surface area contributed by atoms with Crippen LogP contribution in [0.25, 0.3) is 0 Å². The highest BCUT2D eigenvalue weighted by Gasteiger charge is 2.27. The molecule has 6 heteroatoms. The lowest BCUT2D eigenvalue weighted by Crippen LogP contribution is -2.25. The number of benzene rings is 2. The van der Waals surface area contributed by atoms with Gasteiger partial charge in [-0.25, -0.2) is 0 Å². The molecule has 1 aliphatic rings. The SMILES string of the molecule is CCc1cc(C(=O)N2Cc3ccc(NCCN(C)CC)cc3C2)c(O)cc1O. The van der Waals surface area contributed by atoms with Crippen LogP contribution in [0.5, 0.6) is 11.5 Å². The van der Waals surface area contributed by atoms with E-state index in [1.165, 1.54) is 6.07 Å². The summed E-state index contributed by atoms with van der Waals surface area (Å²) in [5.74, 6) is -0.383. The molecular formula is C22H29N3O3. The Balaban J connectivity index is 1.70. The molecule has 2 aromatic rings. The molecule has 2 aromatic carbocycles. The first-order valence-electron chi connectivity index (χ1n) is 9.81. The predicted octanol–water partition coefficient (Wildman–Crippen LogP) is 3.18. The third kappa shape index (κ3) is 4.22. The molecule has 0 aromatic heterocycles. The number of amides is 1. The Morgan fingerprint density at radius 1 is 1.11 bits per heavy atom. The van der Waals surface area contributed by atoms with Gasteiger partial charge in [-0.15, -0.1) is 0 Å². The quantitative estimate of drug-likeness (QED) is 0.685. The third-order valence-corrected chi connectivity index (χ3v) is 5.39. The van der Waals surface area contributed by atoms with Crippen molar-refractivity contribution >= 4 is 11.6 Å². The maximum Gasteiger partial charge on any atom is 0.258 e. The van der Waals surface area contributed by atoms with Gasteiger partial charge >= 0.3 is 0 Å². The van der Waals surface area contributed by atoms with E-state index in [0.29, 0.717) is 25.1 Å². The highest BCUT2D eigenvalue weighted by Crippen LogP contribution is 2.32. The zero-order valence-electron chi connectivity index (χ0n) is 16.8. The average Bonchev–Trinajstić information content (AvgIpc) is 3.11. The number of nitrogens with zero attached hydrogens (tertiary/aromatic N) is 2. The van der Waals surface area contributed by atoms with Gasteiger partial charge in [-0.3, -0.25) is 4.79 Å². The van der Waals surface area contributed by atoms with E-state index in [4.69, 9.17) is 0 Å². The van der Waals surface area contributed by atoms with Crippen LogP contribution in [-0.2, 0) is 19.5 Å². The van der Waals surface area contributed by atoms with E-state index in [2.05, 4.69) is 36.3 Å². The van der Waals surface area contributed by atoms with Gasteiger partial charge in [0.1, 0.15) is 11.5 Å². The highest BCUT2D eigenvalue weighted by atomic mass is 16.3. The summed E-state index contributed by atoms with van der Waals surface area (Å²) >= 11 is 0. The van der Waals surface area contributed by atoms with Crippen molar-refractivity contribution in [3.8, 4) is 11.5 Å². The van der Waals surface area contributed by atoms with Crippen LogP contribution in [-0.4, -0.2) is 52.6 Å². The monoisotopic (exact) mass is 383 g/mol. The number of phenolic OH excluding ortho intramolecular Hbond substituents is 2. The molecule has 0 fully saturated rings. The van der Waals surface area contributed by atoms with E-state index in [9.17, 15) is 15.0 Å². The molecule has 6 nitrogen and oxygen atoms in total. The van der Waals surface area contributed by atoms with Crippen LogP contribution in [0, 0.1) is 0 Å². The first kappa shape index (κ1) is 20.0. The van der Waals surface area contributed by atoms with Crippen molar-refractivity contribution in [3.63, 3.8) is 0 Å². The zero-order chi connectivity index (χ0) is 20.3. The third-order valence-electron chi connectivity index (χ3n) is 5.39. The molecule has 150 valence electrons. The number of nitrogens with one attached hydrogen (secondary N) is 1. The van der Waals surface area contributed by atoms with Gasteiger partial charge in [-0.1, -0.05) is 19.9 Å². The molecule has 0 spiro atoms. The van der Waals surface area contributed by atoms with Crippen molar-refractivity contribution in [3.05, 3.63) is 52.6 Å². The highest BCUT2D eigenvalue weighted by molar-refractivity contribution is 5.97. The number of likely N-dealkylation sites (N-methyl/N-ethyl adjacent to an activating group) is 1. The van der Waals surface area contributed by atoms with Gasteiger partial charge in [-0.2, -0.15) is 0 Å². The Hall–Kier alpha value is -2.73. The van der Waals surface area contributed by atoms with E-state index in [-0.39, 0.29) is 23.0 Å². The Labute approximate surface area is 166 Å². The van der Waals surface area contributed by atoms with Gasteiger partial charge in [0.2, 0.25) is 0 Å². The molecule has 1 amide bonds. The summed E-state index contributed by atoms with van der Waals surface area (Å²) in [5.41, 5.74) is 4.19. The summed E-state index contributed by atoms with van der Waals surface area (Å²) in [7, 11) is 2.09. The second-order valence-corrected chi connectivity index (χ2v) is 7.32. The number of hydrogen-bond acceptors (Lipinski definition) is 5. The van der Waals surface area contributed by atoms with Crippen LogP contribution >= 0.6 is 0 Å². The zero-order valence-corrected chi connectivity index (χ0v) is 16.8. The van der Waals surface area contributed by atoms with E-state index in [1.807, 2.05) is 13.0 Å². The number of carbonyl (C=O) groups excluding carboxylic acids is 1. The molecule has 1 aliphatic heterocycles. The fraction of sp³-hybridized carbons (Fsp3) is 0.409. The maximum absolute atomic E-state index is 12.9. The smallest absolute Gasteiger partial charge is 0.258 e. The number of hydrogen-bond donors (Lipinski definition) is 3. The second kappa shape index (κ2) is 8.52. The summed E-state index contributed by atoms with van der Waals surface area (Å²) in [6.45, 7) is 7.93. The molecule has 0 radical (unpaired) electrons. The van der Waals surface area contributed by atoms with Crippen molar-refractivity contribution < 1.29 is 15.0 Å². The summed E-state index contributed by atoms with van der Waals surface area (Å²) in [5, 5.41) is 23.4. The molecule has 0 aliphatic carbocycles. The minimum absolute atomic E-state index is 0.0192. The molecule has 0 bridgehead atoms. The fourth-order valence-electron chi connectivity index (χ4n) is 3.44. The van der Waals surface area contributed by atoms with Crippen LogP contribution < -0.4 is 5.32 Å². The summed E-state index contributed by atoms with van der Waals surface area (Å²) < 4.78 is 0. The van der Waals surface area contributed by atoms with Crippen molar-refractivity contribution in [1.82, 2.24) is 9.80 Å². The summed E-state index contributed by atoms with van der Waals surface area (Å²) in [6, 6.07) is 9.05. The van der Waals surface area contributed by atoms with Crippen molar-refractivity contribution in [2.45, 2.75) is 33.4 Å². The molecule has 3 rings (SSSR count). The largest absolute Gasteiger partial charge is 0.508 e. The first-order valence-corrected chi connectivity index (χ1v) is 9.81. The lowest BCUT2D eigenvalue weighted by atomic mass is 10.1. The lowest BCUT2D eigenvalue weighted by molar-refractivity contribution is 0.0748. The predicted molar refractivity (Wildman–Crippen MR) is 111 cm³/mol. The Bertz CT molecular complexity index is 866. The van der Waals surface area contributed by atoms with Crippen LogP contribution in [0.3, 0.4) is 0 Å². The van der Waals surface area contributed by atoms with Crippen LogP contribution in [0.4, 0.5) is 5.69 Å². The molecule has 3 N–H and O–H groups in total. The van der Waals surface area contributed by atoms with Gasteiger partial charge in [0.25, 0.3) is 5.91 Å². The van der Waals surface area contributed by atoms with E-state index in [0.717, 1.165) is 36.4 Å². The second-order valence-electron chi connectivity index (χ2n) is 7.32. The van der Waals surface area contributed by atoms with Crippen molar-refractivity contribution in [2.24, 2.45) is 0 Å². The van der Waals surface area contributed by atoms with Gasteiger partial charge in [0.05, 0.1) is 5.56 Å². The van der Waals surface area contributed by atoms with Crippen LogP contribution in [0.1, 0.15) is 40.9 Å².